The molecule has 0 radical (unpaired) electrons. The molecule has 1 fully saturated rings. The summed E-state index contributed by atoms with van der Waals surface area (Å²) in [7, 11) is 1.50. The second-order valence-corrected chi connectivity index (χ2v) is 14.6. The van der Waals surface area contributed by atoms with E-state index in [0.29, 0.717) is 40.5 Å². The lowest BCUT2D eigenvalue weighted by Crippen LogP contribution is -2.46. The van der Waals surface area contributed by atoms with E-state index in [9.17, 15) is 32.3 Å². The Kier molecular flexibility index (Phi) is 11.3. The van der Waals surface area contributed by atoms with Gasteiger partial charge in [-0.05, 0) is 86.9 Å². The van der Waals surface area contributed by atoms with Crippen LogP contribution in [0.4, 0.5) is 13.2 Å². The Hall–Kier alpha value is -4.21. The monoisotopic (exact) mass is 806 g/mol. The van der Waals surface area contributed by atoms with Crippen LogP contribution in [0.1, 0.15) is 76.7 Å². The van der Waals surface area contributed by atoms with Crippen LogP contribution in [0.5, 0.6) is 0 Å². The average Bonchev–Trinajstić information content (AvgIpc) is 3.83. The molecule has 0 saturated heterocycles. The van der Waals surface area contributed by atoms with Crippen molar-refractivity contribution in [1.82, 2.24) is 24.0 Å². The Labute approximate surface area is 312 Å². The Morgan fingerprint density at radius 2 is 1.75 bits per heavy atom. The van der Waals surface area contributed by atoms with E-state index in [-0.39, 0.29) is 53.6 Å². The summed E-state index contributed by atoms with van der Waals surface area (Å²) in [5, 5.41) is 4.67. The highest BCUT2D eigenvalue weighted by Gasteiger charge is 2.37. The normalized spacial score (nSPS) is 16.3. The van der Waals surface area contributed by atoms with E-state index in [1.165, 1.54) is 29.0 Å². The molecule has 2 aromatic carbocycles. The average molecular weight is 808 g/mol. The highest BCUT2D eigenvalue weighted by molar-refractivity contribution is 9.10. The Morgan fingerprint density at radius 1 is 1.10 bits per heavy atom. The molecule has 2 N–H and O–H groups in total. The number of nitrogens with zero attached hydrogens (tertiary/aromatic N) is 5. The number of carbonyl (C=O) groups excluding carboxylic acids is 3. The number of alkyl halides is 3. The fraction of sp³-hybridized carbons (Fsp3) is 0.417. The number of hydrogen-bond acceptors (Lipinski definition) is 7. The van der Waals surface area contributed by atoms with Crippen LogP contribution in [0, 0.1) is 11.8 Å². The largest absolute Gasteiger partial charge is 0.443 e. The van der Waals surface area contributed by atoms with Gasteiger partial charge in [-0.1, -0.05) is 29.8 Å². The number of carbonyl (C=O) groups is 3. The van der Waals surface area contributed by atoms with Crippen LogP contribution in [0.25, 0.3) is 11.3 Å². The van der Waals surface area contributed by atoms with Gasteiger partial charge in [0, 0.05) is 39.8 Å². The van der Waals surface area contributed by atoms with Gasteiger partial charge in [-0.2, -0.15) is 18.3 Å². The van der Waals surface area contributed by atoms with E-state index in [4.69, 9.17) is 10.5 Å². The smallest absolute Gasteiger partial charge is 0.417 e. The minimum Gasteiger partial charge on any atom is -0.443 e. The van der Waals surface area contributed by atoms with Gasteiger partial charge in [0.2, 0.25) is 0 Å². The van der Waals surface area contributed by atoms with Crippen LogP contribution >= 0.6 is 28.3 Å². The predicted molar refractivity (Wildman–Crippen MR) is 193 cm³/mol. The molecule has 1 saturated carbocycles. The summed E-state index contributed by atoms with van der Waals surface area (Å²) in [5.41, 5.74) is 7.59. The van der Waals surface area contributed by atoms with Gasteiger partial charge in [0.15, 0.2) is 6.73 Å². The maximum atomic E-state index is 14.4. The molecule has 2 aromatic heterocycles. The van der Waals surface area contributed by atoms with Crippen LogP contribution < -0.4 is 11.3 Å². The molecule has 0 bridgehead atoms. The highest BCUT2D eigenvalue weighted by Crippen LogP contribution is 2.37. The summed E-state index contributed by atoms with van der Waals surface area (Å²) in [4.78, 5) is 56.2. The molecule has 2 aliphatic rings. The topological polar surface area (TPSA) is 132 Å². The van der Waals surface area contributed by atoms with Gasteiger partial charge in [-0.25, -0.2) is 4.52 Å². The second kappa shape index (κ2) is 15.0. The first-order valence-electron chi connectivity index (χ1n) is 16.7. The zero-order valence-corrected chi connectivity index (χ0v) is 31.3. The van der Waals surface area contributed by atoms with Crippen molar-refractivity contribution in [2.75, 3.05) is 13.8 Å². The van der Waals surface area contributed by atoms with Gasteiger partial charge in [-0.15, -0.1) is 12.4 Å². The van der Waals surface area contributed by atoms with Crippen molar-refractivity contribution in [3.8, 4) is 5.69 Å². The zero-order chi connectivity index (χ0) is 36.9. The SMILES string of the molecule is CC(C)[C@@H](N)C(=O)OCN(C)C(=O)c1ccc(-n2c(=O)c3c(n4ncc(CC5CC5)c24)CN(C(=O)c2ccc(Br)c(C(F)(F)F)c2)[C@@H](C)C3)cc1.Cl. The molecular formula is C36H39BrClF3N6O5. The summed E-state index contributed by atoms with van der Waals surface area (Å²) >= 11 is 2.93. The first-order valence-corrected chi connectivity index (χ1v) is 17.4. The van der Waals surface area contributed by atoms with E-state index in [1.54, 1.807) is 60.3 Å². The highest BCUT2D eigenvalue weighted by atomic mass is 79.9. The fourth-order valence-corrected chi connectivity index (χ4v) is 6.75. The quantitative estimate of drug-likeness (QED) is 0.168. The number of hydrogen-bond donors (Lipinski definition) is 1. The fourth-order valence-electron chi connectivity index (χ4n) is 6.28. The summed E-state index contributed by atoms with van der Waals surface area (Å²) in [6.45, 7) is 5.03. The van der Waals surface area contributed by atoms with Gasteiger partial charge in [0.25, 0.3) is 17.4 Å². The van der Waals surface area contributed by atoms with Crippen LogP contribution in [0.2, 0.25) is 0 Å². The van der Waals surface area contributed by atoms with E-state index in [1.807, 2.05) is 0 Å². The second-order valence-electron chi connectivity index (χ2n) is 13.7. The molecule has 1 aliphatic heterocycles. The summed E-state index contributed by atoms with van der Waals surface area (Å²) in [6, 6.07) is 8.58. The molecule has 2 atom stereocenters. The van der Waals surface area contributed by atoms with Crippen molar-refractivity contribution in [3.63, 3.8) is 0 Å². The molecule has 0 spiro atoms. The number of amides is 2. The number of fused-ring (bicyclic) bond motifs is 3. The van der Waals surface area contributed by atoms with Gasteiger partial charge >= 0.3 is 12.1 Å². The number of ether oxygens (including phenoxy) is 1. The Bertz CT molecular complexity index is 2080. The van der Waals surface area contributed by atoms with Crippen LogP contribution in [-0.4, -0.2) is 67.6 Å². The summed E-state index contributed by atoms with van der Waals surface area (Å²) < 4.78 is 49.3. The zero-order valence-electron chi connectivity index (χ0n) is 28.9. The van der Waals surface area contributed by atoms with E-state index in [2.05, 4.69) is 21.0 Å². The maximum Gasteiger partial charge on any atom is 0.417 e. The van der Waals surface area contributed by atoms with E-state index in [0.717, 1.165) is 24.5 Å². The molecule has 52 heavy (non-hydrogen) atoms. The molecule has 6 rings (SSSR count). The third-order valence-electron chi connectivity index (χ3n) is 9.54. The lowest BCUT2D eigenvalue weighted by Gasteiger charge is -2.35. The standard InChI is InChI=1S/C36H38BrF3N6O5.ClH/c1-19(2)30(41)35(50)51-18-43(4)32(47)22-7-10-25(11-8-22)45-31-24(14-21-5-6-21)16-42-46(31)29-17-44(20(3)13-26(29)34(45)49)33(48)23-9-12-28(37)27(15-23)36(38,39)40;/h7-12,15-16,19-21,30H,5-6,13-14,17-18,41H2,1-4H3;1H/t20-,30+;/m0./s1. The van der Waals surface area contributed by atoms with Gasteiger partial charge in [-0.3, -0.25) is 23.7 Å². The number of halogens is 5. The molecule has 16 heteroatoms. The van der Waals surface area contributed by atoms with Crippen molar-refractivity contribution in [2.45, 2.75) is 71.3 Å². The van der Waals surface area contributed by atoms with Crippen molar-refractivity contribution < 1.29 is 32.3 Å². The van der Waals surface area contributed by atoms with Crippen LogP contribution in [0.3, 0.4) is 0 Å². The van der Waals surface area contributed by atoms with Crippen LogP contribution in [-0.2, 0) is 35.1 Å². The minimum absolute atomic E-state index is 0. The summed E-state index contributed by atoms with van der Waals surface area (Å²) in [5.74, 6) is -1.26. The molecular weight excluding hydrogens is 769 g/mol. The number of benzene rings is 2. The van der Waals surface area contributed by atoms with E-state index < -0.39 is 41.6 Å². The predicted octanol–water partition coefficient (Wildman–Crippen LogP) is 5.78. The van der Waals surface area contributed by atoms with E-state index >= 15 is 0 Å². The summed E-state index contributed by atoms with van der Waals surface area (Å²) in [6.07, 6.45) is 0.0253. The molecule has 1 aliphatic carbocycles. The van der Waals surface area contributed by atoms with Crippen molar-refractivity contribution >= 4 is 51.8 Å². The van der Waals surface area contributed by atoms with Crippen molar-refractivity contribution in [1.29, 1.82) is 0 Å². The number of rotatable bonds is 9. The number of esters is 1. The lowest BCUT2D eigenvalue weighted by atomic mass is 9.97. The van der Waals surface area contributed by atoms with Gasteiger partial charge in [0.05, 0.1) is 29.7 Å². The number of aromatic nitrogens is 3. The molecule has 0 unspecified atom stereocenters. The lowest BCUT2D eigenvalue weighted by molar-refractivity contribution is -0.149. The van der Waals surface area contributed by atoms with Crippen molar-refractivity contribution in [3.05, 3.63) is 97.0 Å². The molecule has 11 nitrogen and oxygen atoms in total. The first-order chi connectivity index (χ1) is 24.1. The Morgan fingerprint density at radius 3 is 2.37 bits per heavy atom. The van der Waals surface area contributed by atoms with Gasteiger partial charge < -0.3 is 20.3 Å². The number of nitrogens with two attached hydrogens (primary N) is 1. The van der Waals surface area contributed by atoms with Crippen LogP contribution in [0.15, 0.2) is 57.9 Å². The van der Waals surface area contributed by atoms with Crippen molar-refractivity contribution in [2.24, 2.45) is 17.6 Å². The minimum atomic E-state index is -4.66. The molecule has 2 amide bonds. The molecule has 4 aromatic rings. The maximum absolute atomic E-state index is 14.4. The molecule has 278 valence electrons. The molecule has 3 heterocycles. The first kappa shape index (κ1) is 39.0. The third kappa shape index (κ3) is 7.62. The Balaban J connectivity index is 0.00000523. The third-order valence-corrected chi connectivity index (χ3v) is 10.2. The van der Waals surface area contributed by atoms with Gasteiger partial charge in [0.1, 0.15) is 11.7 Å².